The molecule has 1 amide bonds. The van der Waals surface area contributed by atoms with Crippen LogP contribution in [-0.4, -0.2) is 70.4 Å². The highest BCUT2D eigenvalue weighted by atomic mass is 16.5. The number of hydrogen-bond donors (Lipinski definition) is 0. The summed E-state index contributed by atoms with van der Waals surface area (Å²) < 4.78 is 7.48. The van der Waals surface area contributed by atoms with Gasteiger partial charge in [-0.05, 0) is 51.6 Å². The maximum absolute atomic E-state index is 12.2. The van der Waals surface area contributed by atoms with E-state index in [1.165, 1.54) is 44.6 Å². The van der Waals surface area contributed by atoms with Gasteiger partial charge in [0.05, 0.1) is 19.6 Å². The molecule has 1 aromatic rings. The molecule has 2 aliphatic heterocycles. The van der Waals surface area contributed by atoms with E-state index in [1.807, 2.05) is 4.90 Å². The lowest BCUT2D eigenvalue weighted by atomic mass is 9.95. The van der Waals surface area contributed by atoms with Crippen LogP contribution in [0.1, 0.15) is 68.6 Å². The smallest absolute Gasteiger partial charge is 0.224 e. The summed E-state index contributed by atoms with van der Waals surface area (Å²) in [5, 5.41) is 9.21. The normalized spacial score (nSPS) is 22.3. The van der Waals surface area contributed by atoms with Crippen molar-refractivity contribution in [3.63, 3.8) is 0 Å². The van der Waals surface area contributed by atoms with Gasteiger partial charge in [0.1, 0.15) is 11.6 Å². The maximum atomic E-state index is 12.2. The molecular formula is C19H31N5O2. The number of rotatable bonds is 7. The summed E-state index contributed by atoms with van der Waals surface area (Å²) in [6.07, 6.45) is 7.60. The van der Waals surface area contributed by atoms with Gasteiger partial charge in [0.25, 0.3) is 0 Å². The molecule has 0 unspecified atom stereocenters. The van der Waals surface area contributed by atoms with Crippen molar-refractivity contribution in [2.45, 2.75) is 63.5 Å². The SMILES string of the molecule is COCCC(=O)N1CCC(c2nnc(CN3CCCC3)n2C2CC2)CC1. The minimum atomic E-state index is 0.212. The average Bonchev–Trinajstić information content (AvgIpc) is 3.21. The van der Waals surface area contributed by atoms with Gasteiger partial charge in [-0.2, -0.15) is 0 Å². The van der Waals surface area contributed by atoms with Crippen molar-refractivity contribution < 1.29 is 9.53 Å². The molecule has 144 valence electrons. The fourth-order valence-electron chi connectivity index (χ4n) is 4.33. The lowest BCUT2D eigenvalue weighted by Crippen LogP contribution is -2.38. The standard InChI is InChI=1S/C19H31N5O2/c1-26-13-8-18(25)23-11-6-15(7-12-23)19-21-20-17(24(19)16-4-5-16)14-22-9-2-3-10-22/h15-16H,2-14H2,1H3. The molecule has 1 aromatic heterocycles. The zero-order chi connectivity index (χ0) is 17.9. The summed E-state index contributed by atoms with van der Waals surface area (Å²) in [5.74, 6) is 2.97. The summed E-state index contributed by atoms with van der Waals surface area (Å²) in [6, 6.07) is 0.610. The van der Waals surface area contributed by atoms with E-state index in [9.17, 15) is 4.79 Å². The van der Waals surface area contributed by atoms with Crippen LogP contribution in [0.4, 0.5) is 0 Å². The quantitative estimate of drug-likeness (QED) is 0.743. The Bertz CT molecular complexity index is 613. The van der Waals surface area contributed by atoms with Crippen molar-refractivity contribution >= 4 is 5.91 Å². The average molecular weight is 361 g/mol. The van der Waals surface area contributed by atoms with E-state index in [1.54, 1.807) is 7.11 Å². The van der Waals surface area contributed by atoms with E-state index in [0.29, 0.717) is 25.0 Å². The van der Waals surface area contributed by atoms with Crippen molar-refractivity contribution in [3.05, 3.63) is 11.6 Å². The molecule has 3 aliphatic rings. The molecule has 26 heavy (non-hydrogen) atoms. The third kappa shape index (κ3) is 3.93. The Morgan fingerprint density at radius 1 is 1.08 bits per heavy atom. The number of carbonyl (C=O) groups is 1. The number of ether oxygens (including phenoxy) is 1. The summed E-state index contributed by atoms with van der Waals surface area (Å²) in [6.45, 7) is 5.48. The number of methoxy groups -OCH3 is 1. The Kier molecular flexibility index (Phi) is 5.55. The monoisotopic (exact) mass is 361 g/mol. The van der Waals surface area contributed by atoms with Gasteiger partial charge in [0.15, 0.2) is 0 Å². The molecule has 7 nitrogen and oxygen atoms in total. The summed E-state index contributed by atoms with van der Waals surface area (Å²) in [4.78, 5) is 16.7. The van der Waals surface area contributed by atoms with Crippen molar-refractivity contribution in [3.8, 4) is 0 Å². The molecule has 1 aliphatic carbocycles. The van der Waals surface area contributed by atoms with Crippen LogP contribution in [0.2, 0.25) is 0 Å². The molecular weight excluding hydrogens is 330 g/mol. The van der Waals surface area contributed by atoms with Gasteiger partial charge in [-0.25, -0.2) is 0 Å². The predicted molar refractivity (Wildman–Crippen MR) is 97.9 cm³/mol. The topological polar surface area (TPSA) is 63.5 Å². The number of likely N-dealkylation sites (tertiary alicyclic amines) is 2. The largest absolute Gasteiger partial charge is 0.384 e. The van der Waals surface area contributed by atoms with Crippen LogP contribution in [0.15, 0.2) is 0 Å². The second kappa shape index (κ2) is 8.05. The van der Waals surface area contributed by atoms with Gasteiger partial charge < -0.3 is 14.2 Å². The fourth-order valence-corrected chi connectivity index (χ4v) is 4.33. The molecule has 0 N–H and O–H groups in total. The number of carbonyl (C=O) groups excluding carboxylic acids is 1. The molecule has 3 heterocycles. The number of aromatic nitrogens is 3. The first-order valence-electron chi connectivity index (χ1n) is 10.2. The van der Waals surface area contributed by atoms with Crippen LogP contribution < -0.4 is 0 Å². The Morgan fingerprint density at radius 2 is 1.81 bits per heavy atom. The van der Waals surface area contributed by atoms with Gasteiger partial charge in [-0.1, -0.05) is 0 Å². The van der Waals surface area contributed by atoms with Crippen molar-refractivity contribution in [1.82, 2.24) is 24.6 Å². The number of piperidine rings is 1. The molecule has 0 spiro atoms. The number of hydrogen-bond acceptors (Lipinski definition) is 5. The number of nitrogens with zero attached hydrogens (tertiary/aromatic N) is 5. The van der Waals surface area contributed by atoms with Crippen LogP contribution in [0, 0.1) is 0 Å². The molecule has 0 atom stereocenters. The third-order valence-electron chi connectivity index (χ3n) is 6.00. The van der Waals surface area contributed by atoms with E-state index in [-0.39, 0.29) is 5.91 Å². The molecule has 3 fully saturated rings. The second-order valence-corrected chi connectivity index (χ2v) is 7.96. The van der Waals surface area contributed by atoms with E-state index < -0.39 is 0 Å². The highest BCUT2D eigenvalue weighted by molar-refractivity contribution is 5.76. The highest BCUT2D eigenvalue weighted by Gasteiger charge is 2.34. The van der Waals surface area contributed by atoms with Crippen molar-refractivity contribution in [2.24, 2.45) is 0 Å². The van der Waals surface area contributed by atoms with Gasteiger partial charge in [0, 0.05) is 32.2 Å². The molecule has 4 rings (SSSR count). The summed E-state index contributed by atoms with van der Waals surface area (Å²) in [5.41, 5.74) is 0. The first-order valence-corrected chi connectivity index (χ1v) is 10.2. The Hall–Kier alpha value is -1.47. The van der Waals surface area contributed by atoms with Crippen molar-refractivity contribution in [2.75, 3.05) is 39.9 Å². The first-order chi connectivity index (χ1) is 12.8. The van der Waals surface area contributed by atoms with E-state index in [0.717, 1.165) is 38.3 Å². The second-order valence-electron chi connectivity index (χ2n) is 7.96. The number of amides is 1. The minimum absolute atomic E-state index is 0.212. The molecule has 2 saturated heterocycles. The predicted octanol–water partition coefficient (Wildman–Crippen LogP) is 1.95. The molecule has 7 heteroatoms. The molecule has 0 aromatic carbocycles. The fraction of sp³-hybridized carbons (Fsp3) is 0.842. The van der Waals surface area contributed by atoms with Crippen LogP contribution in [0.5, 0.6) is 0 Å². The van der Waals surface area contributed by atoms with E-state index in [4.69, 9.17) is 4.74 Å². The van der Waals surface area contributed by atoms with Crippen LogP contribution in [0.25, 0.3) is 0 Å². The zero-order valence-electron chi connectivity index (χ0n) is 15.9. The van der Waals surface area contributed by atoms with Crippen molar-refractivity contribution in [1.29, 1.82) is 0 Å². The van der Waals surface area contributed by atoms with Crippen LogP contribution >= 0.6 is 0 Å². The Labute approximate surface area is 155 Å². The molecule has 0 radical (unpaired) electrons. The minimum Gasteiger partial charge on any atom is -0.384 e. The van der Waals surface area contributed by atoms with E-state index >= 15 is 0 Å². The first kappa shape index (κ1) is 17.9. The third-order valence-corrected chi connectivity index (χ3v) is 6.00. The van der Waals surface area contributed by atoms with Gasteiger partial charge in [-0.3, -0.25) is 9.69 Å². The van der Waals surface area contributed by atoms with Crippen LogP contribution in [0.3, 0.4) is 0 Å². The molecule has 0 bridgehead atoms. The lowest BCUT2D eigenvalue weighted by molar-refractivity contribution is -0.133. The maximum Gasteiger partial charge on any atom is 0.224 e. The van der Waals surface area contributed by atoms with Gasteiger partial charge in [-0.15, -0.1) is 10.2 Å². The van der Waals surface area contributed by atoms with E-state index in [2.05, 4.69) is 19.7 Å². The lowest BCUT2D eigenvalue weighted by Gasteiger charge is -2.32. The Morgan fingerprint density at radius 3 is 2.46 bits per heavy atom. The zero-order valence-corrected chi connectivity index (χ0v) is 15.9. The van der Waals surface area contributed by atoms with Gasteiger partial charge in [0.2, 0.25) is 5.91 Å². The van der Waals surface area contributed by atoms with Crippen LogP contribution in [-0.2, 0) is 16.1 Å². The highest BCUT2D eigenvalue weighted by Crippen LogP contribution is 2.40. The Balaban J connectivity index is 1.40. The van der Waals surface area contributed by atoms with Gasteiger partial charge >= 0.3 is 0 Å². The molecule has 1 saturated carbocycles. The summed E-state index contributed by atoms with van der Waals surface area (Å²) >= 11 is 0. The summed E-state index contributed by atoms with van der Waals surface area (Å²) in [7, 11) is 1.64.